The molecule has 2 rings (SSSR count). The molecule has 3 N–H and O–H groups in total. The maximum atomic E-state index is 11.9. The molecule has 1 saturated carbocycles. The van der Waals surface area contributed by atoms with E-state index >= 15 is 0 Å². The Morgan fingerprint density at radius 3 is 2.84 bits per heavy atom. The Labute approximate surface area is 111 Å². The molecule has 0 saturated heterocycles. The first-order valence-electron chi connectivity index (χ1n) is 6.40. The van der Waals surface area contributed by atoms with Crippen LogP contribution >= 0.6 is 0 Å². The molecule has 0 aliphatic heterocycles. The van der Waals surface area contributed by atoms with E-state index in [2.05, 4.69) is 5.32 Å². The lowest BCUT2D eigenvalue weighted by molar-refractivity contribution is -0.385. The van der Waals surface area contributed by atoms with Crippen molar-refractivity contribution < 1.29 is 9.72 Å². The Kier molecular flexibility index (Phi) is 3.99. The smallest absolute Gasteiger partial charge is 0.282 e. The number of nitro benzene ring substituents is 1. The SMILES string of the molecule is Nc1ccc([N+](=O)[O-])c(C(=O)NCCCC2CC2)c1. The predicted octanol–water partition coefficient (Wildman–Crippen LogP) is 2.10. The van der Waals surface area contributed by atoms with Crippen molar-refractivity contribution in [1.29, 1.82) is 0 Å². The molecule has 0 heterocycles. The number of nitrogens with zero attached hydrogens (tertiary/aromatic N) is 1. The van der Waals surface area contributed by atoms with E-state index in [4.69, 9.17) is 5.73 Å². The molecule has 19 heavy (non-hydrogen) atoms. The van der Waals surface area contributed by atoms with Gasteiger partial charge in [0.15, 0.2) is 0 Å². The molecule has 0 atom stereocenters. The summed E-state index contributed by atoms with van der Waals surface area (Å²) < 4.78 is 0. The van der Waals surface area contributed by atoms with Gasteiger partial charge in [-0.3, -0.25) is 14.9 Å². The van der Waals surface area contributed by atoms with Gasteiger partial charge in [0.1, 0.15) is 5.56 Å². The van der Waals surface area contributed by atoms with Crippen molar-refractivity contribution in [2.24, 2.45) is 5.92 Å². The molecule has 6 heteroatoms. The molecule has 102 valence electrons. The monoisotopic (exact) mass is 263 g/mol. The summed E-state index contributed by atoms with van der Waals surface area (Å²) in [5, 5.41) is 13.6. The highest BCUT2D eigenvalue weighted by Gasteiger charge is 2.22. The van der Waals surface area contributed by atoms with Gasteiger partial charge >= 0.3 is 0 Å². The van der Waals surface area contributed by atoms with E-state index in [0.717, 1.165) is 18.8 Å². The van der Waals surface area contributed by atoms with Crippen LogP contribution in [0, 0.1) is 16.0 Å². The van der Waals surface area contributed by atoms with Crippen LogP contribution in [0.1, 0.15) is 36.0 Å². The zero-order valence-corrected chi connectivity index (χ0v) is 10.6. The molecule has 0 bridgehead atoms. The van der Waals surface area contributed by atoms with Crippen molar-refractivity contribution in [3.8, 4) is 0 Å². The molecule has 6 nitrogen and oxygen atoms in total. The number of nitrogens with one attached hydrogen (secondary N) is 1. The average Bonchev–Trinajstić information content (AvgIpc) is 3.18. The Morgan fingerprint density at radius 1 is 1.47 bits per heavy atom. The van der Waals surface area contributed by atoms with Crippen LogP contribution in [-0.4, -0.2) is 17.4 Å². The highest BCUT2D eigenvalue weighted by atomic mass is 16.6. The summed E-state index contributed by atoms with van der Waals surface area (Å²) in [6, 6.07) is 4.02. The highest BCUT2D eigenvalue weighted by Crippen LogP contribution is 2.33. The summed E-state index contributed by atoms with van der Waals surface area (Å²) in [5.74, 6) is 0.383. The van der Waals surface area contributed by atoms with Crippen LogP contribution in [0.4, 0.5) is 11.4 Å². The number of carbonyl (C=O) groups is 1. The summed E-state index contributed by atoms with van der Waals surface area (Å²) in [7, 11) is 0. The first kappa shape index (κ1) is 13.3. The Hall–Kier alpha value is -2.11. The van der Waals surface area contributed by atoms with Crippen LogP contribution < -0.4 is 11.1 Å². The van der Waals surface area contributed by atoms with Crippen LogP contribution in [0.5, 0.6) is 0 Å². The molecule has 1 amide bonds. The van der Waals surface area contributed by atoms with Crippen LogP contribution in [0.2, 0.25) is 0 Å². The molecule has 1 fully saturated rings. The minimum Gasteiger partial charge on any atom is -0.399 e. The number of rotatable bonds is 6. The van der Waals surface area contributed by atoms with E-state index in [1.807, 2.05) is 0 Å². The van der Waals surface area contributed by atoms with Gasteiger partial charge in [0.2, 0.25) is 0 Å². The number of hydrogen-bond donors (Lipinski definition) is 2. The Morgan fingerprint density at radius 2 is 2.21 bits per heavy atom. The van der Waals surface area contributed by atoms with E-state index in [1.165, 1.54) is 31.0 Å². The largest absolute Gasteiger partial charge is 0.399 e. The Balaban J connectivity index is 1.96. The quantitative estimate of drug-likeness (QED) is 0.355. The summed E-state index contributed by atoms with van der Waals surface area (Å²) in [6.07, 6.45) is 4.59. The molecule has 0 aromatic heterocycles. The molecule has 1 aliphatic rings. The lowest BCUT2D eigenvalue weighted by atomic mass is 10.1. The zero-order valence-electron chi connectivity index (χ0n) is 10.6. The minimum absolute atomic E-state index is 0.0245. The molecule has 0 radical (unpaired) electrons. The van der Waals surface area contributed by atoms with Crippen molar-refractivity contribution in [1.82, 2.24) is 5.32 Å². The molecule has 1 aromatic carbocycles. The van der Waals surface area contributed by atoms with E-state index in [0.29, 0.717) is 12.2 Å². The standard InChI is InChI=1S/C13H17N3O3/c14-10-5-6-12(16(18)19)11(8-10)13(17)15-7-1-2-9-3-4-9/h5-6,8-9H,1-4,7,14H2,(H,15,17). The second kappa shape index (κ2) is 5.69. The molecule has 1 aromatic rings. The van der Waals surface area contributed by atoms with Gasteiger partial charge in [-0.15, -0.1) is 0 Å². The van der Waals surface area contributed by atoms with Crippen LogP contribution in [0.25, 0.3) is 0 Å². The number of carbonyl (C=O) groups excluding carboxylic acids is 1. The fraction of sp³-hybridized carbons (Fsp3) is 0.462. The maximum absolute atomic E-state index is 11.9. The zero-order chi connectivity index (χ0) is 13.8. The van der Waals surface area contributed by atoms with Crippen LogP contribution in [0.15, 0.2) is 18.2 Å². The van der Waals surface area contributed by atoms with Gasteiger partial charge in [0, 0.05) is 18.3 Å². The number of anilines is 1. The lowest BCUT2D eigenvalue weighted by Crippen LogP contribution is -2.25. The number of nitro groups is 1. The third-order valence-corrected chi connectivity index (χ3v) is 3.23. The normalized spacial score (nSPS) is 14.1. The summed E-state index contributed by atoms with van der Waals surface area (Å²) in [5.41, 5.74) is 5.72. The fourth-order valence-corrected chi connectivity index (χ4v) is 1.99. The van der Waals surface area contributed by atoms with Crippen LogP contribution in [-0.2, 0) is 0 Å². The van der Waals surface area contributed by atoms with Gasteiger partial charge in [-0.1, -0.05) is 12.8 Å². The first-order chi connectivity index (χ1) is 9.08. The van der Waals surface area contributed by atoms with E-state index in [9.17, 15) is 14.9 Å². The predicted molar refractivity (Wildman–Crippen MR) is 71.8 cm³/mol. The maximum Gasteiger partial charge on any atom is 0.282 e. The number of benzene rings is 1. The van der Waals surface area contributed by atoms with Crippen molar-refractivity contribution in [2.45, 2.75) is 25.7 Å². The van der Waals surface area contributed by atoms with Gasteiger partial charge in [-0.25, -0.2) is 0 Å². The second-order valence-corrected chi connectivity index (χ2v) is 4.88. The van der Waals surface area contributed by atoms with Crippen LogP contribution in [0.3, 0.4) is 0 Å². The molecule has 1 aliphatic carbocycles. The summed E-state index contributed by atoms with van der Waals surface area (Å²) >= 11 is 0. The molecule has 0 unspecified atom stereocenters. The topological polar surface area (TPSA) is 98.3 Å². The van der Waals surface area contributed by atoms with Crippen molar-refractivity contribution >= 4 is 17.3 Å². The van der Waals surface area contributed by atoms with Crippen molar-refractivity contribution in [3.05, 3.63) is 33.9 Å². The average molecular weight is 263 g/mol. The third kappa shape index (κ3) is 3.67. The lowest BCUT2D eigenvalue weighted by Gasteiger charge is -2.06. The highest BCUT2D eigenvalue weighted by molar-refractivity contribution is 5.99. The molecular formula is C13H17N3O3. The summed E-state index contributed by atoms with van der Waals surface area (Å²) in [6.45, 7) is 0.543. The van der Waals surface area contributed by atoms with Crippen molar-refractivity contribution in [2.75, 3.05) is 12.3 Å². The third-order valence-electron chi connectivity index (χ3n) is 3.23. The minimum atomic E-state index is -0.571. The fourth-order valence-electron chi connectivity index (χ4n) is 1.99. The Bertz CT molecular complexity index is 498. The van der Waals surface area contributed by atoms with Crippen molar-refractivity contribution in [3.63, 3.8) is 0 Å². The van der Waals surface area contributed by atoms with E-state index < -0.39 is 10.8 Å². The van der Waals surface area contributed by atoms with Gasteiger partial charge in [0.25, 0.3) is 11.6 Å². The van der Waals surface area contributed by atoms with E-state index in [1.54, 1.807) is 0 Å². The molecule has 0 spiro atoms. The molecular weight excluding hydrogens is 246 g/mol. The van der Waals surface area contributed by atoms with Gasteiger partial charge in [-0.05, 0) is 30.9 Å². The number of amides is 1. The van der Waals surface area contributed by atoms with Gasteiger partial charge in [-0.2, -0.15) is 0 Å². The first-order valence-corrected chi connectivity index (χ1v) is 6.40. The van der Waals surface area contributed by atoms with E-state index in [-0.39, 0.29) is 11.3 Å². The van der Waals surface area contributed by atoms with Gasteiger partial charge in [0.05, 0.1) is 4.92 Å². The number of nitrogen functional groups attached to an aromatic ring is 1. The second-order valence-electron chi connectivity index (χ2n) is 4.88. The summed E-state index contributed by atoms with van der Waals surface area (Å²) in [4.78, 5) is 22.2. The van der Waals surface area contributed by atoms with Gasteiger partial charge < -0.3 is 11.1 Å². The number of nitrogens with two attached hydrogens (primary N) is 1. The number of hydrogen-bond acceptors (Lipinski definition) is 4.